The number of benzene rings is 1. The van der Waals surface area contributed by atoms with Crippen molar-refractivity contribution in [2.75, 3.05) is 7.05 Å². The molecule has 16 heavy (non-hydrogen) atoms. The Hall–Kier alpha value is -1.36. The van der Waals surface area contributed by atoms with E-state index >= 15 is 0 Å². The summed E-state index contributed by atoms with van der Waals surface area (Å²) in [7, 11) is 1.50. The Morgan fingerprint density at radius 2 is 1.94 bits per heavy atom. The second-order valence-corrected chi connectivity index (χ2v) is 2.90. The van der Waals surface area contributed by atoms with Crippen LogP contribution in [-0.4, -0.2) is 13.3 Å². The van der Waals surface area contributed by atoms with E-state index in [2.05, 4.69) is 5.73 Å². The highest BCUT2D eigenvalue weighted by atomic mass is 19.4. The first-order valence-electron chi connectivity index (χ1n) is 4.71. The molecule has 0 saturated carbocycles. The molecule has 0 amide bonds. The van der Waals surface area contributed by atoms with Gasteiger partial charge < -0.3 is 10.5 Å². The van der Waals surface area contributed by atoms with E-state index in [0.717, 1.165) is 12.1 Å². The normalized spacial score (nSPS) is 10.3. The molecule has 0 aliphatic heterocycles. The second-order valence-electron chi connectivity index (χ2n) is 2.90. The van der Waals surface area contributed by atoms with Gasteiger partial charge in [0.15, 0.2) is 0 Å². The molecule has 0 radical (unpaired) electrons. The minimum atomic E-state index is -4.31. The van der Waals surface area contributed by atoms with E-state index in [1.807, 2.05) is 0 Å². The van der Waals surface area contributed by atoms with Crippen LogP contribution in [0.4, 0.5) is 13.2 Å². The molecule has 0 heterocycles. The Balaban J connectivity index is 0.00000106. The van der Waals surface area contributed by atoms with Crippen LogP contribution in [-0.2, 0) is 17.4 Å². The lowest BCUT2D eigenvalue weighted by molar-refractivity contribution is -0.137. The van der Waals surface area contributed by atoms with Crippen molar-refractivity contribution < 1.29 is 18.0 Å². The van der Waals surface area contributed by atoms with E-state index in [0.29, 0.717) is 18.3 Å². The van der Waals surface area contributed by atoms with Crippen molar-refractivity contribution in [3.63, 3.8) is 0 Å². The summed E-state index contributed by atoms with van der Waals surface area (Å²) in [6.45, 7) is 0. The maximum Gasteiger partial charge on any atom is 0.416 e. The molecule has 0 aliphatic carbocycles. The molecule has 1 rings (SSSR count). The zero-order valence-corrected chi connectivity index (χ0v) is 8.92. The summed E-state index contributed by atoms with van der Waals surface area (Å²) in [5, 5.41) is 0. The number of alkyl halides is 3. The van der Waals surface area contributed by atoms with Crippen molar-refractivity contribution in [2.45, 2.75) is 19.0 Å². The molecule has 0 atom stereocenters. The molecule has 1 aromatic carbocycles. The number of hydrogen-bond acceptors (Lipinski definition) is 2. The first kappa shape index (κ1) is 14.6. The molecule has 0 aliphatic rings. The van der Waals surface area contributed by atoms with Crippen molar-refractivity contribution in [1.82, 2.24) is 0 Å². The lowest BCUT2D eigenvalue weighted by Gasteiger charge is -2.07. The monoisotopic (exact) mass is 233 g/mol. The molecule has 2 nitrogen and oxygen atoms in total. The number of halogens is 3. The van der Waals surface area contributed by atoms with Gasteiger partial charge in [-0.15, -0.1) is 0 Å². The van der Waals surface area contributed by atoms with Crippen LogP contribution in [0.5, 0.6) is 0 Å². The second kappa shape index (κ2) is 7.00. The van der Waals surface area contributed by atoms with Gasteiger partial charge in [0.05, 0.1) is 5.56 Å². The van der Waals surface area contributed by atoms with Crippen molar-refractivity contribution in [3.8, 4) is 0 Å². The van der Waals surface area contributed by atoms with E-state index in [9.17, 15) is 18.0 Å². The fourth-order valence-electron chi connectivity index (χ4n) is 1.13. The van der Waals surface area contributed by atoms with E-state index in [1.54, 1.807) is 6.07 Å². The number of hydrogen-bond donors (Lipinski definition) is 1. The predicted octanol–water partition coefficient (Wildman–Crippen LogP) is 2.41. The minimum Gasteiger partial charge on any atom is -0.333 e. The van der Waals surface area contributed by atoms with Gasteiger partial charge in [0, 0.05) is 6.42 Å². The number of rotatable bonds is 3. The topological polar surface area (TPSA) is 43.1 Å². The average molecular weight is 233 g/mol. The number of carbonyl (C=O) groups excluding carboxylic acids is 1. The molecule has 2 N–H and O–H groups in total. The van der Waals surface area contributed by atoms with Crippen molar-refractivity contribution in [2.24, 2.45) is 5.73 Å². The summed E-state index contributed by atoms with van der Waals surface area (Å²) in [5.41, 5.74) is 4.37. The lowest BCUT2D eigenvalue weighted by atomic mass is 10.1. The highest BCUT2D eigenvalue weighted by Gasteiger charge is 2.30. The molecule has 0 saturated heterocycles. The molecular formula is C11H14F3NO. The maximum absolute atomic E-state index is 12.2. The van der Waals surface area contributed by atoms with Gasteiger partial charge in [0.25, 0.3) is 0 Å². The van der Waals surface area contributed by atoms with E-state index in [1.165, 1.54) is 13.1 Å². The van der Waals surface area contributed by atoms with Crippen molar-refractivity contribution >= 4 is 6.29 Å². The van der Waals surface area contributed by atoms with Crippen LogP contribution in [0.25, 0.3) is 0 Å². The van der Waals surface area contributed by atoms with E-state index in [-0.39, 0.29) is 6.42 Å². The van der Waals surface area contributed by atoms with Crippen LogP contribution in [0.1, 0.15) is 17.5 Å². The summed E-state index contributed by atoms with van der Waals surface area (Å²) in [5.74, 6) is 0. The molecular weight excluding hydrogens is 219 g/mol. The molecule has 0 aromatic heterocycles. The van der Waals surface area contributed by atoms with E-state index < -0.39 is 11.7 Å². The number of aryl methyl sites for hydroxylation is 1. The van der Waals surface area contributed by atoms with Crippen LogP contribution in [0.3, 0.4) is 0 Å². The summed E-state index contributed by atoms with van der Waals surface area (Å²) in [4.78, 5) is 10.0. The van der Waals surface area contributed by atoms with Crippen molar-refractivity contribution in [3.05, 3.63) is 35.4 Å². The van der Waals surface area contributed by atoms with Gasteiger partial charge in [-0.1, -0.05) is 18.2 Å². The van der Waals surface area contributed by atoms with Gasteiger partial charge in [-0.25, -0.2) is 0 Å². The zero-order valence-electron chi connectivity index (χ0n) is 8.92. The third-order valence-corrected chi connectivity index (χ3v) is 1.81. The number of carbonyl (C=O) groups is 1. The minimum absolute atomic E-state index is 0.251. The number of aldehydes is 1. The third kappa shape index (κ3) is 4.93. The summed E-state index contributed by atoms with van der Waals surface area (Å²) in [6.07, 6.45) is -3.01. The van der Waals surface area contributed by atoms with Crippen molar-refractivity contribution in [1.29, 1.82) is 0 Å². The Kier molecular flexibility index (Phi) is 6.41. The Morgan fingerprint density at radius 3 is 2.44 bits per heavy atom. The average Bonchev–Trinajstić information content (AvgIpc) is 2.28. The zero-order chi connectivity index (χ0) is 12.6. The summed E-state index contributed by atoms with van der Waals surface area (Å²) >= 11 is 0. The van der Waals surface area contributed by atoms with Crippen LogP contribution in [0.15, 0.2) is 24.3 Å². The molecule has 0 fully saturated rings. The van der Waals surface area contributed by atoms with Crippen LogP contribution in [0, 0.1) is 0 Å². The SMILES string of the molecule is CN.O=CCCc1cccc(C(F)(F)F)c1. The lowest BCUT2D eigenvalue weighted by Crippen LogP contribution is -2.05. The van der Waals surface area contributed by atoms with Gasteiger partial charge in [-0.2, -0.15) is 13.2 Å². The van der Waals surface area contributed by atoms with Gasteiger partial charge in [0.2, 0.25) is 0 Å². The molecule has 90 valence electrons. The number of nitrogens with two attached hydrogens (primary N) is 1. The summed E-state index contributed by atoms with van der Waals surface area (Å²) < 4.78 is 36.7. The van der Waals surface area contributed by atoms with Crippen LogP contribution < -0.4 is 5.73 Å². The fraction of sp³-hybridized carbons (Fsp3) is 0.364. The Labute approximate surface area is 92.3 Å². The van der Waals surface area contributed by atoms with Crippen LogP contribution >= 0.6 is 0 Å². The fourth-order valence-corrected chi connectivity index (χ4v) is 1.13. The highest BCUT2D eigenvalue weighted by Crippen LogP contribution is 2.29. The Morgan fingerprint density at radius 1 is 1.31 bits per heavy atom. The van der Waals surface area contributed by atoms with E-state index in [4.69, 9.17) is 0 Å². The molecule has 0 unspecified atom stereocenters. The molecule has 1 aromatic rings. The standard InChI is InChI=1S/C10H9F3O.CH5N/c11-10(12,13)9-5-1-3-8(7-9)4-2-6-14;1-2/h1,3,5-7H,2,4H2;2H2,1H3. The van der Waals surface area contributed by atoms with Gasteiger partial charge in [-0.05, 0) is 25.1 Å². The molecule has 5 heteroatoms. The van der Waals surface area contributed by atoms with Gasteiger partial charge in [-0.3, -0.25) is 0 Å². The smallest absolute Gasteiger partial charge is 0.333 e. The largest absolute Gasteiger partial charge is 0.416 e. The highest BCUT2D eigenvalue weighted by molar-refractivity contribution is 5.50. The van der Waals surface area contributed by atoms with Gasteiger partial charge in [0.1, 0.15) is 6.29 Å². The first-order valence-corrected chi connectivity index (χ1v) is 4.71. The quantitative estimate of drug-likeness (QED) is 0.815. The van der Waals surface area contributed by atoms with Gasteiger partial charge >= 0.3 is 6.18 Å². The Bertz CT molecular complexity index is 323. The summed E-state index contributed by atoms with van der Waals surface area (Å²) in [6, 6.07) is 5.02. The molecule has 0 spiro atoms. The maximum atomic E-state index is 12.2. The third-order valence-electron chi connectivity index (χ3n) is 1.81. The van der Waals surface area contributed by atoms with Crippen LogP contribution in [0.2, 0.25) is 0 Å². The first-order chi connectivity index (χ1) is 7.54. The molecule has 0 bridgehead atoms. The predicted molar refractivity (Wildman–Crippen MR) is 55.9 cm³/mol.